The van der Waals surface area contributed by atoms with E-state index in [2.05, 4.69) is 25.5 Å². The summed E-state index contributed by atoms with van der Waals surface area (Å²) in [5, 5.41) is 0. The highest BCUT2D eigenvalue weighted by Gasteiger charge is 2.27. The van der Waals surface area contributed by atoms with Crippen molar-refractivity contribution < 1.29 is 8.42 Å². The highest BCUT2D eigenvalue weighted by molar-refractivity contribution is 7.89. The standard InChI is InChI=1S/C18H30N2O2S/c1-12-10-14(18(3,4)5)11-13(2)17(12)23(21,22)20-16-8-6-15(19)7-9-16/h10-11,15-16,20H,6-9,19H2,1-5H3. The van der Waals surface area contributed by atoms with Crippen molar-refractivity contribution in [2.45, 2.75) is 82.7 Å². The van der Waals surface area contributed by atoms with Gasteiger partial charge in [0.1, 0.15) is 0 Å². The first-order chi connectivity index (χ1) is 10.5. The molecule has 1 saturated carbocycles. The monoisotopic (exact) mass is 338 g/mol. The van der Waals surface area contributed by atoms with Crippen LogP contribution in [0.2, 0.25) is 0 Å². The van der Waals surface area contributed by atoms with Crippen molar-refractivity contribution in [3.05, 3.63) is 28.8 Å². The number of rotatable bonds is 3. The lowest BCUT2D eigenvalue weighted by Crippen LogP contribution is -2.40. The van der Waals surface area contributed by atoms with Gasteiger partial charge in [-0.2, -0.15) is 0 Å². The van der Waals surface area contributed by atoms with E-state index >= 15 is 0 Å². The number of benzene rings is 1. The molecule has 0 radical (unpaired) electrons. The first-order valence-electron chi connectivity index (χ1n) is 8.40. The molecule has 4 nitrogen and oxygen atoms in total. The molecule has 3 N–H and O–H groups in total. The van der Waals surface area contributed by atoms with Crippen molar-refractivity contribution in [2.75, 3.05) is 0 Å². The quantitative estimate of drug-likeness (QED) is 0.889. The minimum Gasteiger partial charge on any atom is -0.328 e. The third-order valence-corrected chi connectivity index (χ3v) is 6.51. The van der Waals surface area contributed by atoms with E-state index in [4.69, 9.17) is 5.73 Å². The minimum atomic E-state index is -3.49. The summed E-state index contributed by atoms with van der Waals surface area (Å²) in [6, 6.07) is 4.21. The molecule has 0 heterocycles. The normalized spacial score (nSPS) is 23.0. The highest BCUT2D eigenvalue weighted by atomic mass is 32.2. The molecule has 0 unspecified atom stereocenters. The third-order valence-electron chi connectivity index (χ3n) is 4.69. The summed E-state index contributed by atoms with van der Waals surface area (Å²) in [5.74, 6) is 0. The molecule has 0 bridgehead atoms. The van der Waals surface area contributed by atoms with Crippen LogP contribution in [0.1, 0.15) is 63.1 Å². The Morgan fingerprint density at radius 1 is 1.04 bits per heavy atom. The average Bonchev–Trinajstić information content (AvgIpc) is 2.39. The number of aryl methyl sites for hydroxylation is 2. The lowest BCUT2D eigenvalue weighted by molar-refractivity contribution is 0.373. The number of hydrogen-bond acceptors (Lipinski definition) is 3. The minimum absolute atomic E-state index is 0.000827. The van der Waals surface area contributed by atoms with E-state index in [1.807, 2.05) is 26.0 Å². The van der Waals surface area contributed by atoms with Crippen LogP contribution in [-0.2, 0) is 15.4 Å². The molecule has 1 aromatic rings. The summed E-state index contributed by atoms with van der Waals surface area (Å²) in [6.07, 6.45) is 3.40. The maximum absolute atomic E-state index is 12.8. The van der Waals surface area contributed by atoms with E-state index in [1.165, 1.54) is 0 Å². The molecule has 0 atom stereocenters. The molecule has 0 spiro atoms. The molecule has 2 rings (SSSR count). The van der Waals surface area contributed by atoms with Crippen LogP contribution in [0.3, 0.4) is 0 Å². The zero-order valence-corrected chi connectivity index (χ0v) is 15.8. The second-order valence-electron chi connectivity index (χ2n) is 7.92. The fraction of sp³-hybridized carbons (Fsp3) is 0.667. The smallest absolute Gasteiger partial charge is 0.241 e. The fourth-order valence-electron chi connectivity index (χ4n) is 3.32. The third kappa shape index (κ3) is 4.34. The predicted molar refractivity (Wildman–Crippen MR) is 95.2 cm³/mol. The second kappa shape index (κ2) is 6.54. The summed E-state index contributed by atoms with van der Waals surface area (Å²) in [5.41, 5.74) is 8.70. The van der Waals surface area contributed by atoms with Gasteiger partial charge in [-0.1, -0.05) is 32.9 Å². The number of sulfonamides is 1. The Morgan fingerprint density at radius 2 is 1.52 bits per heavy atom. The molecule has 1 aliphatic rings. The van der Waals surface area contributed by atoms with E-state index in [1.54, 1.807) is 0 Å². The fourth-order valence-corrected chi connectivity index (χ4v) is 5.08. The van der Waals surface area contributed by atoms with Gasteiger partial charge >= 0.3 is 0 Å². The van der Waals surface area contributed by atoms with Crippen molar-refractivity contribution in [1.29, 1.82) is 0 Å². The summed E-state index contributed by atoms with van der Waals surface area (Å²) < 4.78 is 28.6. The van der Waals surface area contributed by atoms with E-state index in [9.17, 15) is 8.42 Å². The number of nitrogens with one attached hydrogen (secondary N) is 1. The summed E-state index contributed by atoms with van der Waals surface area (Å²) in [6.45, 7) is 10.2. The van der Waals surface area contributed by atoms with Crippen LogP contribution >= 0.6 is 0 Å². The number of nitrogens with two attached hydrogens (primary N) is 1. The Morgan fingerprint density at radius 3 is 1.96 bits per heavy atom. The van der Waals surface area contributed by atoms with Gasteiger partial charge in [0.2, 0.25) is 10.0 Å². The highest BCUT2D eigenvalue weighted by Crippen LogP contribution is 2.29. The van der Waals surface area contributed by atoms with Gasteiger partial charge in [0, 0.05) is 12.1 Å². The van der Waals surface area contributed by atoms with E-state index in [0.717, 1.165) is 42.4 Å². The first-order valence-corrected chi connectivity index (χ1v) is 9.88. The van der Waals surface area contributed by atoms with Gasteiger partial charge in [-0.15, -0.1) is 0 Å². The number of hydrogen-bond donors (Lipinski definition) is 2. The van der Waals surface area contributed by atoms with Crippen LogP contribution in [0, 0.1) is 13.8 Å². The van der Waals surface area contributed by atoms with Gasteiger partial charge in [0.15, 0.2) is 0 Å². The average molecular weight is 339 g/mol. The molecule has 0 aromatic heterocycles. The molecule has 1 aromatic carbocycles. The van der Waals surface area contributed by atoms with E-state index < -0.39 is 10.0 Å². The van der Waals surface area contributed by atoms with Crippen LogP contribution in [0.5, 0.6) is 0 Å². The topological polar surface area (TPSA) is 72.2 Å². The van der Waals surface area contributed by atoms with Gasteiger partial charge in [0.05, 0.1) is 4.90 Å². The maximum atomic E-state index is 12.8. The summed E-state index contributed by atoms with van der Waals surface area (Å²) in [7, 11) is -3.49. The lowest BCUT2D eigenvalue weighted by atomic mass is 9.85. The molecule has 23 heavy (non-hydrogen) atoms. The van der Waals surface area contributed by atoms with Crippen LogP contribution < -0.4 is 10.5 Å². The van der Waals surface area contributed by atoms with Crippen molar-refractivity contribution >= 4 is 10.0 Å². The zero-order valence-electron chi connectivity index (χ0n) is 14.9. The summed E-state index contributed by atoms with van der Waals surface area (Å²) >= 11 is 0. The Hall–Kier alpha value is -0.910. The molecule has 1 fully saturated rings. The van der Waals surface area contributed by atoms with E-state index in [-0.39, 0.29) is 17.5 Å². The van der Waals surface area contributed by atoms with Gasteiger partial charge < -0.3 is 5.73 Å². The second-order valence-corrected chi connectivity index (χ2v) is 9.57. The summed E-state index contributed by atoms with van der Waals surface area (Å²) in [4.78, 5) is 0.431. The van der Waals surface area contributed by atoms with Crippen LogP contribution in [0.25, 0.3) is 0 Å². The van der Waals surface area contributed by atoms with Gasteiger partial charge in [-0.25, -0.2) is 13.1 Å². The maximum Gasteiger partial charge on any atom is 0.241 e. The first kappa shape index (κ1) is 18.4. The van der Waals surface area contributed by atoms with Crippen molar-refractivity contribution in [2.24, 2.45) is 5.73 Å². The largest absolute Gasteiger partial charge is 0.328 e. The van der Waals surface area contributed by atoms with Crippen molar-refractivity contribution in [3.8, 4) is 0 Å². The molecule has 0 aliphatic heterocycles. The van der Waals surface area contributed by atoms with Gasteiger partial charge in [-0.05, 0) is 61.6 Å². The van der Waals surface area contributed by atoms with Crippen molar-refractivity contribution in [1.82, 2.24) is 4.72 Å². The van der Waals surface area contributed by atoms with Gasteiger partial charge in [0.25, 0.3) is 0 Å². The van der Waals surface area contributed by atoms with Gasteiger partial charge in [-0.3, -0.25) is 0 Å². The van der Waals surface area contributed by atoms with Crippen LogP contribution in [0.4, 0.5) is 0 Å². The Labute approximate surface area is 140 Å². The molecule has 130 valence electrons. The molecule has 0 amide bonds. The predicted octanol–water partition coefficient (Wildman–Crippen LogP) is 3.15. The Balaban J connectivity index is 2.29. The van der Waals surface area contributed by atoms with Crippen LogP contribution in [-0.4, -0.2) is 20.5 Å². The lowest BCUT2D eigenvalue weighted by Gasteiger charge is -2.27. The molecule has 5 heteroatoms. The SMILES string of the molecule is Cc1cc(C(C)(C)C)cc(C)c1S(=O)(=O)NC1CCC(N)CC1. The van der Waals surface area contributed by atoms with E-state index in [0.29, 0.717) is 4.90 Å². The molecule has 1 aliphatic carbocycles. The molecular weight excluding hydrogens is 308 g/mol. The Bertz CT molecular complexity index is 644. The molecule has 0 saturated heterocycles. The van der Waals surface area contributed by atoms with Crippen molar-refractivity contribution in [3.63, 3.8) is 0 Å². The molecular formula is C18H30N2O2S. The Kier molecular flexibility index (Phi) is 5.24. The van der Waals surface area contributed by atoms with Crippen LogP contribution in [0.15, 0.2) is 17.0 Å². The zero-order chi connectivity index (χ0) is 17.4.